The molecule has 0 fully saturated rings. The Kier molecular flexibility index (Phi) is 1.89. The highest BCUT2D eigenvalue weighted by Gasteiger charge is 2.18. The van der Waals surface area contributed by atoms with Crippen LogP contribution in [-0.4, -0.2) is 12.8 Å². The molecule has 0 bridgehead atoms. The van der Waals surface area contributed by atoms with E-state index < -0.39 is 0 Å². The quantitative estimate of drug-likeness (QED) is 0.498. The van der Waals surface area contributed by atoms with Crippen molar-refractivity contribution in [1.82, 2.24) is 0 Å². The maximum absolute atomic E-state index is 4.30. The van der Waals surface area contributed by atoms with Gasteiger partial charge < -0.3 is 0 Å². The predicted octanol–water partition coefficient (Wildman–Crippen LogP) is 2.21. The van der Waals surface area contributed by atoms with Crippen LogP contribution in [0.4, 0.5) is 0 Å². The standard InChI is InChI=1S/C10H13N/c1-2-4-10-6-8-11-7-5-9(10)3-1/h1-4,7,9-10H,5-6,8H2. The molecule has 0 spiro atoms. The van der Waals surface area contributed by atoms with Crippen LogP contribution in [0.3, 0.4) is 0 Å². The predicted molar refractivity (Wildman–Crippen MR) is 47.9 cm³/mol. The minimum absolute atomic E-state index is 0.728. The van der Waals surface area contributed by atoms with Crippen LogP contribution in [0.25, 0.3) is 0 Å². The fourth-order valence-corrected chi connectivity index (χ4v) is 1.77. The number of aliphatic imine (C=N–C) groups is 1. The Hall–Kier alpha value is -0.850. The molecule has 2 atom stereocenters. The van der Waals surface area contributed by atoms with Gasteiger partial charge in [-0.15, -0.1) is 0 Å². The molecule has 1 aliphatic heterocycles. The minimum atomic E-state index is 0.728. The van der Waals surface area contributed by atoms with Gasteiger partial charge in [-0.3, -0.25) is 4.99 Å². The molecule has 1 heterocycles. The summed E-state index contributed by atoms with van der Waals surface area (Å²) in [6.45, 7) is 1.01. The van der Waals surface area contributed by atoms with Gasteiger partial charge in [-0.05, 0) is 30.9 Å². The van der Waals surface area contributed by atoms with E-state index in [2.05, 4.69) is 35.5 Å². The summed E-state index contributed by atoms with van der Waals surface area (Å²) in [4.78, 5) is 4.30. The van der Waals surface area contributed by atoms with Gasteiger partial charge in [0.05, 0.1) is 0 Å². The maximum atomic E-state index is 4.30. The van der Waals surface area contributed by atoms with Crippen molar-refractivity contribution in [2.24, 2.45) is 16.8 Å². The van der Waals surface area contributed by atoms with Gasteiger partial charge >= 0.3 is 0 Å². The second-order valence-corrected chi connectivity index (χ2v) is 3.21. The zero-order valence-electron chi connectivity index (χ0n) is 6.61. The highest BCUT2D eigenvalue weighted by atomic mass is 14.7. The van der Waals surface area contributed by atoms with Crippen molar-refractivity contribution in [3.05, 3.63) is 24.3 Å². The summed E-state index contributed by atoms with van der Waals surface area (Å²) in [5.74, 6) is 1.48. The number of hydrogen-bond acceptors (Lipinski definition) is 1. The number of nitrogens with zero attached hydrogens (tertiary/aromatic N) is 1. The number of rotatable bonds is 0. The molecule has 2 rings (SSSR count). The Labute approximate surface area is 67.5 Å². The second-order valence-electron chi connectivity index (χ2n) is 3.21. The van der Waals surface area contributed by atoms with Gasteiger partial charge in [0, 0.05) is 6.54 Å². The lowest BCUT2D eigenvalue weighted by Gasteiger charge is -2.19. The molecular formula is C10H13N. The minimum Gasteiger partial charge on any atom is -0.297 e. The molecule has 0 amide bonds. The summed E-state index contributed by atoms with van der Waals surface area (Å²) >= 11 is 0. The van der Waals surface area contributed by atoms with E-state index in [0.717, 1.165) is 24.8 Å². The number of allylic oxidation sites excluding steroid dienone is 4. The Morgan fingerprint density at radius 3 is 2.82 bits per heavy atom. The Bertz CT molecular complexity index is 213. The summed E-state index contributed by atoms with van der Waals surface area (Å²) < 4.78 is 0. The first-order valence-corrected chi connectivity index (χ1v) is 4.30. The van der Waals surface area contributed by atoms with E-state index in [1.54, 1.807) is 0 Å². The first-order chi connectivity index (χ1) is 5.47. The first kappa shape index (κ1) is 6.84. The summed E-state index contributed by atoms with van der Waals surface area (Å²) in [6, 6.07) is 0. The summed E-state index contributed by atoms with van der Waals surface area (Å²) in [5.41, 5.74) is 0. The molecule has 2 aliphatic rings. The third-order valence-corrected chi connectivity index (χ3v) is 2.48. The Morgan fingerprint density at radius 2 is 1.91 bits per heavy atom. The third-order valence-electron chi connectivity index (χ3n) is 2.48. The van der Waals surface area contributed by atoms with Crippen LogP contribution in [0.5, 0.6) is 0 Å². The molecule has 1 heteroatoms. The normalized spacial score (nSPS) is 34.9. The Balaban J connectivity index is 2.13. The summed E-state index contributed by atoms with van der Waals surface area (Å²) in [6.07, 6.45) is 13.4. The van der Waals surface area contributed by atoms with Gasteiger partial charge in [0.15, 0.2) is 0 Å². The van der Waals surface area contributed by atoms with Crippen molar-refractivity contribution < 1.29 is 0 Å². The van der Waals surface area contributed by atoms with Gasteiger partial charge in [-0.1, -0.05) is 24.3 Å². The first-order valence-electron chi connectivity index (χ1n) is 4.30. The van der Waals surface area contributed by atoms with Crippen LogP contribution in [0.1, 0.15) is 12.8 Å². The van der Waals surface area contributed by atoms with Crippen molar-refractivity contribution in [3.63, 3.8) is 0 Å². The van der Waals surface area contributed by atoms with Crippen LogP contribution >= 0.6 is 0 Å². The molecule has 0 saturated heterocycles. The molecule has 11 heavy (non-hydrogen) atoms. The molecule has 58 valence electrons. The third kappa shape index (κ3) is 1.42. The van der Waals surface area contributed by atoms with Crippen molar-refractivity contribution in [1.29, 1.82) is 0 Å². The molecule has 2 unspecified atom stereocenters. The van der Waals surface area contributed by atoms with E-state index in [0.29, 0.717) is 0 Å². The Morgan fingerprint density at radius 1 is 1.09 bits per heavy atom. The summed E-state index contributed by atoms with van der Waals surface area (Å²) in [5, 5.41) is 0. The fourth-order valence-electron chi connectivity index (χ4n) is 1.77. The van der Waals surface area contributed by atoms with E-state index in [-0.39, 0.29) is 0 Å². The SMILES string of the molecule is C1=CC2CC=NCCC2C=C1. The monoisotopic (exact) mass is 147 g/mol. The van der Waals surface area contributed by atoms with Crippen LogP contribution in [0.15, 0.2) is 29.3 Å². The molecule has 0 N–H and O–H groups in total. The average Bonchev–Trinajstić information content (AvgIpc) is 2.28. The summed E-state index contributed by atoms with van der Waals surface area (Å²) in [7, 11) is 0. The lowest BCUT2D eigenvalue weighted by atomic mass is 9.85. The van der Waals surface area contributed by atoms with Crippen molar-refractivity contribution in [3.8, 4) is 0 Å². The number of hydrogen-bond donors (Lipinski definition) is 0. The second kappa shape index (κ2) is 3.04. The van der Waals surface area contributed by atoms with Gasteiger partial charge in [-0.25, -0.2) is 0 Å². The molecule has 1 nitrogen and oxygen atoms in total. The fraction of sp³-hybridized carbons (Fsp3) is 0.500. The van der Waals surface area contributed by atoms with E-state index in [9.17, 15) is 0 Å². The topological polar surface area (TPSA) is 12.4 Å². The van der Waals surface area contributed by atoms with Crippen molar-refractivity contribution in [2.45, 2.75) is 12.8 Å². The van der Waals surface area contributed by atoms with Gasteiger partial charge in [0.25, 0.3) is 0 Å². The molecular weight excluding hydrogens is 134 g/mol. The van der Waals surface area contributed by atoms with Crippen LogP contribution in [-0.2, 0) is 0 Å². The average molecular weight is 147 g/mol. The molecule has 0 aromatic heterocycles. The number of fused-ring (bicyclic) bond motifs is 1. The molecule has 0 aromatic carbocycles. The lowest BCUT2D eigenvalue weighted by Crippen LogP contribution is -2.11. The molecule has 0 radical (unpaired) electrons. The smallest absolute Gasteiger partial charge is 0.0391 e. The van der Waals surface area contributed by atoms with Gasteiger partial charge in [-0.2, -0.15) is 0 Å². The highest BCUT2D eigenvalue weighted by Crippen LogP contribution is 2.26. The largest absolute Gasteiger partial charge is 0.297 e. The van der Waals surface area contributed by atoms with Crippen LogP contribution in [0.2, 0.25) is 0 Å². The van der Waals surface area contributed by atoms with E-state index in [1.165, 1.54) is 6.42 Å². The zero-order valence-corrected chi connectivity index (χ0v) is 6.61. The van der Waals surface area contributed by atoms with Crippen LogP contribution in [0, 0.1) is 11.8 Å². The highest BCUT2D eigenvalue weighted by molar-refractivity contribution is 5.58. The van der Waals surface area contributed by atoms with Gasteiger partial charge in [0.1, 0.15) is 0 Å². The maximum Gasteiger partial charge on any atom is 0.0391 e. The van der Waals surface area contributed by atoms with E-state index in [4.69, 9.17) is 0 Å². The molecule has 1 aliphatic carbocycles. The van der Waals surface area contributed by atoms with Gasteiger partial charge in [0.2, 0.25) is 0 Å². The van der Waals surface area contributed by atoms with Crippen LogP contribution < -0.4 is 0 Å². The molecule has 0 saturated carbocycles. The van der Waals surface area contributed by atoms with Crippen molar-refractivity contribution >= 4 is 6.21 Å². The molecule has 0 aromatic rings. The lowest BCUT2D eigenvalue weighted by molar-refractivity contribution is 0.471. The zero-order chi connectivity index (χ0) is 7.52. The van der Waals surface area contributed by atoms with E-state index >= 15 is 0 Å². The van der Waals surface area contributed by atoms with Crippen molar-refractivity contribution in [2.75, 3.05) is 6.54 Å². The van der Waals surface area contributed by atoms with E-state index in [1.807, 2.05) is 0 Å².